The van der Waals surface area contributed by atoms with Crippen LogP contribution < -0.4 is 14.8 Å². The molecule has 1 aromatic carbocycles. The Morgan fingerprint density at radius 1 is 1.28 bits per heavy atom. The van der Waals surface area contributed by atoms with Gasteiger partial charge < -0.3 is 14.8 Å². The summed E-state index contributed by atoms with van der Waals surface area (Å²) >= 11 is 0. The summed E-state index contributed by atoms with van der Waals surface area (Å²) in [6, 6.07) is 5.68. The maximum Gasteiger partial charge on any atom is 0.387 e. The number of amides is 1. The number of anilines is 1. The number of fused-ring (bicyclic) bond motifs is 1. The van der Waals surface area contributed by atoms with Gasteiger partial charge in [-0.05, 0) is 31.2 Å². The standard InChI is InChI=1S/C16H14F2N4O3/c1-8-11-6-10(7-19-14(11)22-21-8)20-15(23)9-3-4-12(25-16(17)18)13(5-9)24-2/h3-7,16H,1-2H3,(H,20,23)(H,19,21,22). The molecule has 130 valence electrons. The second-order valence-electron chi connectivity index (χ2n) is 5.14. The van der Waals surface area contributed by atoms with Crippen molar-refractivity contribution in [3.8, 4) is 11.5 Å². The lowest BCUT2D eigenvalue weighted by Gasteiger charge is -2.11. The summed E-state index contributed by atoms with van der Waals surface area (Å²) in [6.45, 7) is -1.14. The van der Waals surface area contributed by atoms with Gasteiger partial charge >= 0.3 is 6.61 Å². The number of rotatable bonds is 5. The summed E-state index contributed by atoms with van der Waals surface area (Å²) in [6.07, 6.45) is 1.48. The smallest absolute Gasteiger partial charge is 0.387 e. The van der Waals surface area contributed by atoms with Crippen LogP contribution in [0.2, 0.25) is 0 Å². The topological polar surface area (TPSA) is 89.1 Å². The Balaban J connectivity index is 1.83. The number of carbonyl (C=O) groups excluding carboxylic acids is 1. The number of halogens is 2. The molecule has 0 saturated heterocycles. The van der Waals surface area contributed by atoms with E-state index in [-0.39, 0.29) is 17.1 Å². The largest absolute Gasteiger partial charge is 0.493 e. The van der Waals surface area contributed by atoms with Gasteiger partial charge in [0.15, 0.2) is 17.1 Å². The maximum atomic E-state index is 12.4. The van der Waals surface area contributed by atoms with Crippen LogP contribution >= 0.6 is 0 Å². The molecule has 0 atom stereocenters. The third-order valence-electron chi connectivity index (χ3n) is 3.50. The number of carbonyl (C=O) groups is 1. The summed E-state index contributed by atoms with van der Waals surface area (Å²) in [5.74, 6) is -0.553. The number of ether oxygens (including phenoxy) is 2. The molecule has 0 aliphatic heterocycles. The van der Waals surface area contributed by atoms with Gasteiger partial charge in [-0.2, -0.15) is 13.9 Å². The first-order chi connectivity index (χ1) is 12.0. The van der Waals surface area contributed by atoms with Gasteiger partial charge in [-0.1, -0.05) is 0 Å². The molecule has 2 heterocycles. The Hall–Kier alpha value is -3.23. The Kier molecular flexibility index (Phi) is 4.46. The summed E-state index contributed by atoms with van der Waals surface area (Å²) in [5.41, 5.74) is 2.08. The molecular weight excluding hydrogens is 334 g/mol. The van der Waals surface area contributed by atoms with Crippen LogP contribution in [-0.4, -0.2) is 34.8 Å². The highest BCUT2D eigenvalue weighted by Crippen LogP contribution is 2.29. The van der Waals surface area contributed by atoms with Crippen LogP contribution in [-0.2, 0) is 0 Å². The molecule has 25 heavy (non-hydrogen) atoms. The van der Waals surface area contributed by atoms with Crippen LogP contribution in [0.15, 0.2) is 30.5 Å². The van der Waals surface area contributed by atoms with Crippen LogP contribution in [0.4, 0.5) is 14.5 Å². The molecule has 3 aromatic rings. The first-order valence-corrected chi connectivity index (χ1v) is 7.23. The fourth-order valence-electron chi connectivity index (χ4n) is 2.29. The number of nitrogens with one attached hydrogen (secondary N) is 2. The zero-order valence-corrected chi connectivity index (χ0v) is 13.3. The van der Waals surface area contributed by atoms with Gasteiger partial charge in [0, 0.05) is 16.6 Å². The van der Waals surface area contributed by atoms with Gasteiger partial charge in [0.1, 0.15) is 0 Å². The fourth-order valence-corrected chi connectivity index (χ4v) is 2.29. The van der Waals surface area contributed by atoms with Crippen LogP contribution in [0.5, 0.6) is 11.5 Å². The summed E-state index contributed by atoms with van der Waals surface area (Å²) in [7, 11) is 1.30. The van der Waals surface area contributed by atoms with Gasteiger partial charge in [0.25, 0.3) is 5.91 Å². The van der Waals surface area contributed by atoms with Crippen molar-refractivity contribution in [2.75, 3.05) is 12.4 Å². The lowest BCUT2D eigenvalue weighted by molar-refractivity contribution is -0.0512. The minimum absolute atomic E-state index is 0.0345. The van der Waals surface area contributed by atoms with Crippen LogP contribution in [0.3, 0.4) is 0 Å². The minimum atomic E-state index is -2.98. The first kappa shape index (κ1) is 16.6. The molecule has 0 bridgehead atoms. The van der Waals surface area contributed by atoms with E-state index in [1.54, 1.807) is 6.07 Å². The second kappa shape index (κ2) is 6.71. The zero-order valence-electron chi connectivity index (χ0n) is 13.3. The summed E-state index contributed by atoms with van der Waals surface area (Å²) in [4.78, 5) is 16.5. The highest BCUT2D eigenvalue weighted by atomic mass is 19.3. The van der Waals surface area contributed by atoms with Crippen LogP contribution in [0.25, 0.3) is 11.0 Å². The van der Waals surface area contributed by atoms with Crippen LogP contribution in [0, 0.1) is 6.92 Å². The molecule has 2 aromatic heterocycles. The Labute approximate surface area is 141 Å². The van der Waals surface area contributed by atoms with E-state index in [0.717, 1.165) is 11.1 Å². The monoisotopic (exact) mass is 348 g/mol. The average molecular weight is 348 g/mol. The number of aromatic nitrogens is 3. The second-order valence-corrected chi connectivity index (χ2v) is 5.14. The van der Waals surface area contributed by atoms with Gasteiger partial charge in [0.2, 0.25) is 0 Å². The normalized spacial score (nSPS) is 10.9. The van der Waals surface area contributed by atoms with Crippen molar-refractivity contribution in [3.63, 3.8) is 0 Å². The molecule has 0 radical (unpaired) electrons. The lowest BCUT2D eigenvalue weighted by atomic mass is 10.2. The van der Waals surface area contributed by atoms with Crippen LogP contribution in [0.1, 0.15) is 16.1 Å². The van der Waals surface area contributed by atoms with Gasteiger partial charge in [-0.3, -0.25) is 9.89 Å². The molecule has 0 spiro atoms. The number of methoxy groups -OCH3 is 1. The average Bonchev–Trinajstić information content (AvgIpc) is 2.95. The van der Waals surface area contributed by atoms with Crippen molar-refractivity contribution in [1.82, 2.24) is 15.2 Å². The van der Waals surface area contributed by atoms with Crippen molar-refractivity contribution in [2.45, 2.75) is 13.5 Å². The van der Waals surface area contributed by atoms with Crippen molar-refractivity contribution in [1.29, 1.82) is 0 Å². The van der Waals surface area contributed by atoms with Gasteiger partial charge in [-0.25, -0.2) is 4.98 Å². The third kappa shape index (κ3) is 3.49. The lowest BCUT2D eigenvalue weighted by Crippen LogP contribution is -2.12. The number of benzene rings is 1. The molecule has 0 aliphatic carbocycles. The molecule has 0 unspecified atom stereocenters. The quantitative estimate of drug-likeness (QED) is 0.739. The number of hydrogen-bond donors (Lipinski definition) is 2. The third-order valence-corrected chi connectivity index (χ3v) is 3.50. The Morgan fingerprint density at radius 3 is 2.80 bits per heavy atom. The molecule has 1 amide bonds. The summed E-state index contributed by atoms with van der Waals surface area (Å²) in [5, 5.41) is 10.3. The highest BCUT2D eigenvalue weighted by Gasteiger charge is 2.15. The molecule has 0 saturated carbocycles. The Morgan fingerprint density at radius 2 is 2.08 bits per heavy atom. The van der Waals surface area contributed by atoms with E-state index >= 15 is 0 Å². The highest BCUT2D eigenvalue weighted by molar-refractivity contribution is 6.05. The van der Waals surface area contributed by atoms with Crippen molar-refractivity contribution >= 4 is 22.6 Å². The van der Waals surface area contributed by atoms with Crippen molar-refractivity contribution in [2.24, 2.45) is 0 Å². The molecule has 7 nitrogen and oxygen atoms in total. The number of pyridine rings is 1. The molecule has 2 N–H and O–H groups in total. The first-order valence-electron chi connectivity index (χ1n) is 7.23. The maximum absolute atomic E-state index is 12.4. The van der Waals surface area contributed by atoms with E-state index in [2.05, 4.69) is 25.2 Å². The number of nitrogens with zero attached hydrogens (tertiary/aromatic N) is 2. The van der Waals surface area contributed by atoms with Gasteiger partial charge in [0.05, 0.1) is 19.0 Å². The van der Waals surface area contributed by atoms with E-state index in [1.165, 1.54) is 31.5 Å². The molecular formula is C16H14F2N4O3. The van der Waals surface area contributed by atoms with Gasteiger partial charge in [-0.15, -0.1) is 0 Å². The number of hydrogen-bond acceptors (Lipinski definition) is 5. The molecule has 0 fully saturated rings. The molecule has 0 aliphatic rings. The Bertz CT molecular complexity index is 927. The zero-order chi connectivity index (χ0) is 18.0. The molecule has 3 rings (SSSR count). The summed E-state index contributed by atoms with van der Waals surface area (Å²) < 4.78 is 34.0. The van der Waals surface area contributed by atoms with Crippen molar-refractivity contribution in [3.05, 3.63) is 41.7 Å². The number of aromatic amines is 1. The van der Waals surface area contributed by atoms with Crippen molar-refractivity contribution < 1.29 is 23.0 Å². The minimum Gasteiger partial charge on any atom is -0.493 e. The van der Waals surface area contributed by atoms with E-state index in [9.17, 15) is 13.6 Å². The number of alkyl halides is 2. The predicted molar refractivity (Wildman–Crippen MR) is 86.2 cm³/mol. The molecule has 9 heteroatoms. The fraction of sp³-hybridized carbons (Fsp3) is 0.188. The number of aryl methyl sites for hydroxylation is 1. The van der Waals surface area contributed by atoms with E-state index in [4.69, 9.17) is 4.74 Å². The predicted octanol–water partition coefficient (Wildman–Crippen LogP) is 3.13. The van der Waals surface area contributed by atoms with E-state index in [0.29, 0.717) is 11.3 Å². The number of H-pyrrole nitrogens is 1. The van der Waals surface area contributed by atoms with E-state index in [1.807, 2.05) is 6.92 Å². The van der Waals surface area contributed by atoms with E-state index < -0.39 is 12.5 Å². The SMILES string of the molecule is COc1cc(C(=O)Nc2cnc3n[nH]c(C)c3c2)ccc1OC(F)F.